The van der Waals surface area contributed by atoms with Crippen LogP contribution < -0.4 is 0 Å². The summed E-state index contributed by atoms with van der Waals surface area (Å²) in [5.41, 5.74) is -0.310. The van der Waals surface area contributed by atoms with Gasteiger partial charge < -0.3 is 9.47 Å². The normalized spacial score (nSPS) is 10.8. The molecular weight excluding hydrogens is 232 g/mol. The summed E-state index contributed by atoms with van der Waals surface area (Å²) in [5, 5.41) is 0. The maximum absolute atomic E-state index is 10.8. The van der Waals surface area contributed by atoms with E-state index in [2.05, 4.69) is 0 Å². The van der Waals surface area contributed by atoms with E-state index in [9.17, 15) is 4.79 Å². The van der Waals surface area contributed by atoms with Gasteiger partial charge in [0.2, 0.25) is 0 Å². The number of methoxy groups -OCH3 is 1. The number of esters is 1. The Bertz CT molecular complexity index is 178. The molecule has 0 aromatic heterocycles. The molecule has 0 bridgehead atoms. The van der Waals surface area contributed by atoms with E-state index in [0.717, 1.165) is 0 Å². The molecule has 0 aromatic rings. The average molecular weight is 258 g/mol. The van der Waals surface area contributed by atoms with E-state index in [1.165, 1.54) is 0 Å². The van der Waals surface area contributed by atoms with Crippen LogP contribution in [0.2, 0.25) is 0 Å². The van der Waals surface area contributed by atoms with E-state index in [4.69, 9.17) is 9.47 Å². The molecule has 0 aliphatic heterocycles. The molecule has 16 heavy (non-hydrogen) atoms. The zero-order valence-electron chi connectivity index (χ0n) is 11.8. The van der Waals surface area contributed by atoms with Gasteiger partial charge in [-0.1, -0.05) is 0 Å². The molecule has 0 amide bonds. The summed E-state index contributed by atoms with van der Waals surface area (Å²) in [4.78, 5) is 10.8. The number of ether oxygens (including phenoxy) is 2. The van der Waals surface area contributed by atoms with Gasteiger partial charge in [-0.15, -0.1) is 0 Å². The van der Waals surface area contributed by atoms with Crippen molar-refractivity contribution < 1.29 is 52.0 Å². The van der Waals surface area contributed by atoms with Crippen LogP contribution in [0.3, 0.4) is 0 Å². The van der Waals surface area contributed by atoms with Gasteiger partial charge in [-0.25, -0.2) is 0 Å². The van der Waals surface area contributed by atoms with E-state index in [-0.39, 0.29) is 54.7 Å². The van der Waals surface area contributed by atoms with E-state index < -0.39 is 0 Å². The van der Waals surface area contributed by atoms with Crippen LogP contribution in [0, 0.1) is 43.2 Å². The Morgan fingerprint density at radius 2 is 1.38 bits per heavy atom. The summed E-state index contributed by atoms with van der Waals surface area (Å²) in [6.07, 6.45) is 0. The molecule has 0 saturated heterocycles. The van der Waals surface area contributed by atoms with Gasteiger partial charge in [-0.05, 0) is 48.5 Å². The molecule has 100 valence electrons. The number of carbonyl (C=O) groups is 1. The molecular formula is C12H26ArO3. The van der Waals surface area contributed by atoms with Crippen LogP contribution in [0.5, 0.6) is 0 Å². The van der Waals surface area contributed by atoms with Gasteiger partial charge in [-0.2, -0.15) is 0 Å². The Balaban J connectivity index is -0.000000214. The predicted octanol–water partition coefficient (Wildman–Crippen LogP) is 3.03. The fraction of sp³-hybridized carbons (Fsp3) is 0.917. The Morgan fingerprint density at radius 3 is 1.44 bits per heavy atom. The Morgan fingerprint density at radius 1 is 1.06 bits per heavy atom. The molecule has 0 radical (unpaired) electrons. The molecule has 4 heteroatoms. The molecule has 0 fully saturated rings. The minimum atomic E-state index is -0.351. The Kier molecular flexibility index (Phi) is 13.3. The SMILES string of the molecule is CCOC(=O)C(C)(C)C.COC(C)(C)C.[Ar]. The standard InChI is InChI=1S/C7H14O2.C5H12O.Ar/c1-5-9-6(8)7(2,3)4;1-5(2,3)6-4;/h5H2,1-4H3;1-4H3;. The third kappa shape index (κ3) is 17.1. The first kappa shape index (κ1) is 21.9. The van der Waals surface area contributed by atoms with Gasteiger partial charge in [0.25, 0.3) is 0 Å². The van der Waals surface area contributed by atoms with Crippen molar-refractivity contribution in [3.8, 4) is 0 Å². The summed E-state index contributed by atoms with van der Waals surface area (Å²) in [6, 6.07) is 0. The van der Waals surface area contributed by atoms with E-state index in [1.807, 2.05) is 48.5 Å². The molecule has 0 atom stereocenters. The molecule has 0 saturated carbocycles. The third-order valence-electron chi connectivity index (χ3n) is 1.50. The summed E-state index contributed by atoms with van der Waals surface area (Å²) in [6.45, 7) is 13.9. The first-order chi connectivity index (χ1) is 6.54. The van der Waals surface area contributed by atoms with E-state index >= 15 is 0 Å². The second-order valence-corrected chi connectivity index (χ2v) is 5.29. The van der Waals surface area contributed by atoms with Crippen LogP contribution in [0.4, 0.5) is 0 Å². The smallest absolute Gasteiger partial charge is 0.311 e. The van der Waals surface area contributed by atoms with Crippen molar-refractivity contribution in [3.63, 3.8) is 0 Å². The maximum Gasteiger partial charge on any atom is 0.311 e. The third-order valence-corrected chi connectivity index (χ3v) is 1.50. The molecule has 0 aliphatic rings. The molecule has 0 aliphatic carbocycles. The first-order valence-electron chi connectivity index (χ1n) is 5.27. The van der Waals surface area contributed by atoms with Crippen LogP contribution >= 0.6 is 0 Å². The first-order valence-corrected chi connectivity index (χ1v) is 5.27. The monoisotopic (exact) mass is 258 g/mol. The number of hydrogen-bond acceptors (Lipinski definition) is 3. The maximum atomic E-state index is 10.8. The summed E-state index contributed by atoms with van der Waals surface area (Å²) >= 11 is 0. The van der Waals surface area contributed by atoms with Gasteiger partial charge in [0.15, 0.2) is 0 Å². The van der Waals surface area contributed by atoms with Crippen LogP contribution in [-0.2, 0) is 14.3 Å². The summed E-state index contributed by atoms with van der Waals surface area (Å²) < 4.78 is 9.70. The quantitative estimate of drug-likeness (QED) is 0.678. The molecule has 3 nitrogen and oxygen atoms in total. The number of carbonyl (C=O) groups excluding carboxylic acids is 1. The van der Waals surface area contributed by atoms with Gasteiger partial charge in [0.1, 0.15) is 0 Å². The Hall–Kier alpha value is 0.690. The summed E-state index contributed by atoms with van der Waals surface area (Å²) in [7, 11) is 1.71. The van der Waals surface area contributed by atoms with Gasteiger partial charge >= 0.3 is 5.97 Å². The van der Waals surface area contributed by atoms with Crippen molar-refractivity contribution in [2.75, 3.05) is 13.7 Å². The van der Waals surface area contributed by atoms with Crippen molar-refractivity contribution in [1.29, 1.82) is 0 Å². The number of rotatable bonds is 1. The molecule has 0 spiro atoms. The van der Waals surface area contributed by atoms with Crippen molar-refractivity contribution >= 4 is 5.97 Å². The zero-order chi connectivity index (χ0) is 12.7. The molecule has 0 aromatic carbocycles. The summed E-state index contributed by atoms with van der Waals surface area (Å²) in [5.74, 6) is -0.134. The van der Waals surface area contributed by atoms with Gasteiger partial charge in [0, 0.05) is 44.8 Å². The van der Waals surface area contributed by atoms with Crippen LogP contribution in [0.15, 0.2) is 0 Å². The van der Waals surface area contributed by atoms with Crippen molar-refractivity contribution in [2.24, 2.45) is 5.41 Å². The Labute approximate surface area is 130 Å². The topological polar surface area (TPSA) is 35.5 Å². The fourth-order valence-electron chi connectivity index (χ4n) is 0.348. The second kappa shape index (κ2) is 9.69. The predicted molar refractivity (Wildman–Crippen MR) is 62.9 cm³/mol. The van der Waals surface area contributed by atoms with Gasteiger partial charge in [-0.3, -0.25) is 4.79 Å². The molecule has 0 N–H and O–H groups in total. The molecule has 0 heterocycles. The van der Waals surface area contributed by atoms with Crippen molar-refractivity contribution in [3.05, 3.63) is 0 Å². The fourth-order valence-corrected chi connectivity index (χ4v) is 0.348. The number of hydrogen-bond donors (Lipinski definition) is 0. The van der Waals surface area contributed by atoms with Gasteiger partial charge in [0.05, 0.1) is 17.6 Å². The van der Waals surface area contributed by atoms with E-state index in [1.54, 1.807) is 7.11 Å². The largest absolute Gasteiger partial charge is 0.466 e. The van der Waals surface area contributed by atoms with E-state index in [0.29, 0.717) is 6.61 Å². The molecule has 0 unspecified atom stereocenters. The second-order valence-electron chi connectivity index (χ2n) is 5.29. The minimum absolute atomic E-state index is 0. The molecule has 0 rings (SSSR count). The van der Waals surface area contributed by atoms with Crippen LogP contribution in [-0.4, -0.2) is 25.3 Å². The van der Waals surface area contributed by atoms with Crippen LogP contribution in [0.1, 0.15) is 48.5 Å². The average Bonchev–Trinajstić information content (AvgIpc) is 2.03. The van der Waals surface area contributed by atoms with Crippen LogP contribution in [0.25, 0.3) is 0 Å². The van der Waals surface area contributed by atoms with Crippen molar-refractivity contribution in [2.45, 2.75) is 54.1 Å². The van der Waals surface area contributed by atoms with Crippen molar-refractivity contribution in [1.82, 2.24) is 0 Å². The zero-order valence-corrected chi connectivity index (χ0v) is 12.5. The minimum Gasteiger partial charge on any atom is -0.466 e.